The third-order valence-corrected chi connectivity index (χ3v) is 3.43. The highest BCUT2D eigenvalue weighted by atomic mass is 79.9. The summed E-state index contributed by atoms with van der Waals surface area (Å²) in [5, 5.41) is 2.78. The summed E-state index contributed by atoms with van der Waals surface area (Å²) in [6.45, 7) is 0. The maximum Gasteiger partial charge on any atom is 0.257 e. The fraction of sp³-hybridized carbons (Fsp3) is 0.133. The standard InChI is InChI=1S/C15H15BrN2O3/c1-20-13-7-11(12(17)8-14(13)21-2)15(19)18-10-5-3-9(16)4-6-10/h3-8H,17H2,1-2H3,(H,18,19). The predicted octanol–water partition coefficient (Wildman–Crippen LogP) is 3.30. The smallest absolute Gasteiger partial charge is 0.257 e. The molecule has 0 radical (unpaired) electrons. The molecule has 1 amide bonds. The lowest BCUT2D eigenvalue weighted by Crippen LogP contribution is -2.14. The summed E-state index contributed by atoms with van der Waals surface area (Å²) in [5.74, 6) is 0.624. The quantitative estimate of drug-likeness (QED) is 0.829. The maximum absolute atomic E-state index is 12.3. The largest absolute Gasteiger partial charge is 0.493 e. The first kappa shape index (κ1) is 15.2. The van der Waals surface area contributed by atoms with Crippen molar-refractivity contribution >= 4 is 33.2 Å². The van der Waals surface area contributed by atoms with Crippen LogP contribution in [0, 0.1) is 0 Å². The Balaban J connectivity index is 2.28. The van der Waals surface area contributed by atoms with Gasteiger partial charge in [-0.05, 0) is 30.3 Å². The Kier molecular flexibility index (Phi) is 4.70. The Morgan fingerprint density at radius 1 is 1.10 bits per heavy atom. The van der Waals surface area contributed by atoms with E-state index in [9.17, 15) is 4.79 Å². The molecule has 3 N–H and O–H groups in total. The number of halogens is 1. The third-order valence-electron chi connectivity index (χ3n) is 2.90. The molecule has 0 spiro atoms. The number of methoxy groups -OCH3 is 2. The number of hydrogen-bond acceptors (Lipinski definition) is 4. The number of nitrogens with one attached hydrogen (secondary N) is 1. The van der Waals surface area contributed by atoms with E-state index < -0.39 is 0 Å². The zero-order chi connectivity index (χ0) is 15.4. The molecule has 110 valence electrons. The fourth-order valence-corrected chi connectivity index (χ4v) is 2.09. The van der Waals surface area contributed by atoms with Gasteiger partial charge in [0.05, 0.1) is 19.8 Å². The highest BCUT2D eigenvalue weighted by molar-refractivity contribution is 9.10. The van der Waals surface area contributed by atoms with Crippen LogP contribution in [0.5, 0.6) is 11.5 Å². The second-order valence-electron chi connectivity index (χ2n) is 4.26. The van der Waals surface area contributed by atoms with E-state index in [1.165, 1.54) is 14.2 Å². The van der Waals surface area contributed by atoms with Crippen LogP contribution in [0.15, 0.2) is 40.9 Å². The first-order valence-electron chi connectivity index (χ1n) is 6.13. The van der Waals surface area contributed by atoms with Gasteiger partial charge in [-0.2, -0.15) is 0 Å². The van der Waals surface area contributed by atoms with Gasteiger partial charge in [0, 0.05) is 21.9 Å². The van der Waals surface area contributed by atoms with Crippen molar-refractivity contribution in [2.24, 2.45) is 0 Å². The summed E-state index contributed by atoms with van der Waals surface area (Å²) in [6, 6.07) is 10.4. The molecule has 0 aromatic heterocycles. The van der Waals surface area contributed by atoms with Crippen molar-refractivity contribution in [2.45, 2.75) is 0 Å². The van der Waals surface area contributed by atoms with Gasteiger partial charge in [0.25, 0.3) is 5.91 Å². The van der Waals surface area contributed by atoms with Gasteiger partial charge in [-0.1, -0.05) is 15.9 Å². The number of ether oxygens (including phenoxy) is 2. The molecule has 2 rings (SSSR count). The van der Waals surface area contributed by atoms with Gasteiger partial charge in [0.2, 0.25) is 0 Å². The molecule has 0 saturated heterocycles. The zero-order valence-corrected chi connectivity index (χ0v) is 13.2. The van der Waals surface area contributed by atoms with Crippen LogP contribution >= 0.6 is 15.9 Å². The fourth-order valence-electron chi connectivity index (χ4n) is 1.82. The van der Waals surface area contributed by atoms with E-state index in [1.807, 2.05) is 12.1 Å². The molecule has 0 bridgehead atoms. The maximum atomic E-state index is 12.3. The molecule has 0 aliphatic rings. The van der Waals surface area contributed by atoms with Gasteiger partial charge in [-0.25, -0.2) is 0 Å². The summed E-state index contributed by atoms with van der Waals surface area (Å²) in [6.07, 6.45) is 0. The van der Waals surface area contributed by atoms with Gasteiger partial charge in [0.1, 0.15) is 0 Å². The van der Waals surface area contributed by atoms with E-state index in [2.05, 4.69) is 21.2 Å². The Bertz CT molecular complexity index is 657. The average Bonchev–Trinajstić information content (AvgIpc) is 2.49. The minimum absolute atomic E-state index is 0.309. The second-order valence-corrected chi connectivity index (χ2v) is 5.17. The van der Waals surface area contributed by atoms with Gasteiger partial charge in [0.15, 0.2) is 11.5 Å². The average molecular weight is 351 g/mol. The number of rotatable bonds is 4. The predicted molar refractivity (Wildman–Crippen MR) is 86.1 cm³/mol. The van der Waals surface area contributed by atoms with Gasteiger partial charge < -0.3 is 20.5 Å². The molecule has 21 heavy (non-hydrogen) atoms. The molecule has 0 aliphatic heterocycles. The monoisotopic (exact) mass is 350 g/mol. The molecule has 2 aromatic carbocycles. The van der Waals surface area contributed by atoms with Crippen molar-refractivity contribution in [2.75, 3.05) is 25.3 Å². The lowest BCUT2D eigenvalue weighted by atomic mass is 10.1. The number of nitrogen functional groups attached to an aromatic ring is 1. The normalized spacial score (nSPS) is 10.0. The van der Waals surface area contributed by atoms with Crippen molar-refractivity contribution in [3.8, 4) is 11.5 Å². The van der Waals surface area contributed by atoms with Crippen molar-refractivity contribution in [1.29, 1.82) is 0 Å². The summed E-state index contributed by atoms with van der Waals surface area (Å²) >= 11 is 3.34. The first-order chi connectivity index (χ1) is 10.0. The molecule has 5 nitrogen and oxygen atoms in total. The summed E-state index contributed by atoms with van der Waals surface area (Å²) in [5.41, 5.74) is 7.22. The van der Waals surface area contributed by atoms with E-state index in [0.717, 1.165) is 4.47 Å². The summed E-state index contributed by atoms with van der Waals surface area (Å²) < 4.78 is 11.3. The third kappa shape index (κ3) is 3.46. The van der Waals surface area contributed by atoms with Crippen molar-refractivity contribution < 1.29 is 14.3 Å². The summed E-state index contributed by atoms with van der Waals surface area (Å²) in [4.78, 5) is 12.3. The Morgan fingerprint density at radius 3 is 2.24 bits per heavy atom. The molecule has 6 heteroatoms. The molecule has 0 heterocycles. The van der Waals surface area contributed by atoms with E-state index in [1.54, 1.807) is 24.3 Å². The molecule has 0 unspecified atom stereocenters. The molecule has 2 aromatic rings. The van der Waals surface area contributed by atoms with Crippen LogP contribution in [0.1, 0.15) is 10.4 Å². The molecule has 0 atom stereocenters. The number of amides is 1. The minimum atomic E-state index is -0.309. The molecular weight excluding hydrogens is 336 g/mol. The van der Waals surface area contributed by atoms with Gasteiger partial charge in [-0.3, -0.25) is 4.79 Å². The van der Waals surface area contributed by atoms with Crippen LogP contribution in [0.25, 0.3) is 0 Å². The van der Waals surface area contributed by atoms with Crippen molar-refractivity contribution in [1.82, 2.24) is 0 Å². The van der Waals surface area contributed by atoms with E-state index in [0.29, 0.717) is 28.4 Å². The second kappa shape index (κ2) is 6.49. The highest BCUT2D eigenvalue weighted by Gasteiger charge is 2.15. The van der Waals surface area contributed by atoms with Gasteiger partial charge >= 0.3 is 0 Å². The van der Waals surface area contributed by atoms with Crippen LogP contribution in [0.3, 0.4) is 0 Å². The Hall–Kier alpha value is -2.21. The molecule has 0 saturated carbocycles. The number of carbonyl (C=O) groups excluding carboxylic acids is 1. The lowest BCUT2D eigenvalue weighted by Gasteiger charge is -2.12. The number of nitrogens with two attached hydrogens (primary N) is 1. The zero-order valence-electron chi connectivity index (χ0n) is 11.6. The van der Waals surface area contributed by atoms with Crippen LogP contribution in [-0.4, -0.2) is 20.1 Å². The SMILES string of the molecule is COc1cc(N)c(C(=O)Nc2ccc(Br)cc2)cc1OC. The molecule has 0 fully saturated rings. The van der Waals surface area contributed by atoms with Crippen LogP contribution in [-0.2, 0) is 0 Å². The van der Waals surface area contributed by atoms with Gasteiger partial charge in [-0.15, -0.1) is 0 Å². The van der Waals surface area contributed by atoms with Crippen LogP contribution in [0.2, 0.25) is 0 Å². The number of carbonyl (C=O) groups is 1. The van der Waals surface area contributed by atoms with E-state index in [-0.39, 0.29) is 5.91 Å². The van der Waals surface area contributed by atoms with Crippen molar-refractivity contribution in [3.05, 3.63) is 46.4 Å². The van der Waals surface area contributed by atoms with E-state index >= 15 is 0 Å². The molecule has 0 aliphatic carbocycles. The topological polar surface area (TPSA) is 73.6 Å². The molecular formula is C15H15BrN2O3. The van der Waals surface area contributed by atoms with E-state index in [4.69, 9.17) is 15.2 Å². The Morgan fingerprint density at radius 2 is 1.67 bits per heavy atom. The Labute approximate surface area is 131 Å². The number of benzene rings is 2. The number of anilines is 2. The highest BCUT2D eigenvalue weighted by Crippen LogP contribution is 2.32. The lowest BCUT2D eigenvalue weighted by molar-refractivity contribution is 0.102. The summed E-state index contributed by atoms with van der Waals surface area (Å²) in [7, 11) is 3.02. The van der Waals surface area contributed by atoms with Crippen LogP contribution in [0.4, 0.5) is 11.4 Å². The first-order valence-corrected chi connectivity index (χ1v) is 6.93. The van der Waals surface area contributed by atoms with Crippen LogP contribution < -0.4 is 20.5 Å². The number of hydrogen-bond donors (Lipinski definition) is 2. The minimum Gasteiger partial charge on any atom is -0.493 e. The van der Waals surface area contributed by atoms with Crippen molar-refractivity contribution in [3.63, 3.8) is 0 Å².